The number of benzene rings is 2. The third kappa shape index (κ3) is 17.4. The van der Waals surface area contributed by atoms with Crippen LogP contribution in [0.2, 0.25) is 0 Å². The molecule has 0 spiro atoms. The van der Waals surface area contributed by atoms with Crippen molar-refractivity contribution in [3.8, 4) is 11.5 Å². The Hall–Kier alpha value is 0.490. The van der Waals surface area contributed by atoms with Gasteiger partial charge in [0.15, 0.2) is 0 Å². The first-order valence-corrected chi connectivity index (χ1v) is 31.5. The lowest BCUT2D eigenvalue weighted by Crippen LogP contribution is -2.15. The van der Waals surface area contributed by atoms with Gasteiger partial charge >= 0.3 is 0 Å². The number of unbranched alkanes of at least 4 members (excludes halogenated alkanes) is 8. The van der Waals surface area contributed by atoms with E-state index in [4.69, 9.17) is 0 Å². The number of thioether (sulfide) groups is 3. The van der Waals surface area contributed by atoms with Crippen molar-refractivity contribution in [3.63, 3.8) is 0 Å². The first kappa shape index (κ1) is 49.9. The molecular weight excluding hydrogens is 869 g/mol. The number of rotatable bonds is 25. The number of hydrogen-bond donors (Lipinski definition) is 2. The second-order valence-corrected chi connectivity index (χ2v) is 30.7. The smallest absolute Gasteiger partial charge is 0.119 e. The summed E-state index contributed by atoms with van der Waals surface area (Å²) in [5, 5.41) is 28.2. The second-order valence-electron chi connectivity index (χ2n) is 20.8. The van der Waals surface area contributed by atoms with Crippen LogP contribution in [0.3, 0.4) is 0 Å². The summed E-state index contributed by atoms with van der Waals surface area (Å²) in [6.45, 7) is 15.5. The van der Waals surface area contributed by atoms with Crippen LogP contribution in [0.1, 0.15) is 180 Å². The van der Waals surface area contributed by atoms with E-state index >= 15 is 0 Å². The summed E-state index contributed by atoms with van der Waals surface area (Å²) in [6, 6.07) is 12.7. The van der Waals surface area contributed by atoms with Crippen molar-refractivity contribution in [2.24, 2.45) is 5.92 Å². The van der Waals surface area contributed by atoms with Gasteiger partial charge in [-0.25, -0.2) is 0 Å². The number of phenols is 2. The van der Waals surface area contributed by atoms with Crippen molar-refractivity contribution >= 4 is 78.5 Å². The Balaban J connectivity index is 0.731. The molecule has 4 fully saturated rings. The topological polar surface area (TPSA) is 40.5 Å². The number of hydrogen-bond acceptors (Lipinski definition) is 9. The van der Waals surface area contributed by atoms with E-state index in [1.54, 1.807) is 0 Å². The lowest BCUT2D eigenvalue weighted by Gasteiger charge is -2.24. The molecule has 9 atom stereocenters. The lowest BCUT2D eigenvalue weighted by molar-refractivity contribution is 0.445. The molecule has 2 aromatic rings. The fraction of sp³-hybridized carbons (Fsp3) is 0.765. The zero-order valence-corrected chi connectivity index (χ0v) is 44.0. The molecule has 4 heterocycles. The van der Waals surface area contributed by atoms with E-state index in [1.165, 1.54) is 132 Å². The standard InChI is InChI=1S/C51H80O2S7/c1-35(28-46-44(56-46)20-16-12-8-10-14-18-36-23-26-40(42(52)29-36)50(2,3)4)22-25-38-33-54-55-34-39(60-59-38)31-47-49(58-47)32-48-45(57-48)21-17-13-9-11-15-19-37-24-27-41(43(53)30-37)51(5,6)7/h23-24,26-27,29-30,35,38-39,44-49,52-53H,8-22,25,28,31-34H2,1-7H3. The highest BCUT2D eigenvalue weighted by Crippen LogP contribution is 2.57. The molecule has 0 saturated carbocycles. The van der Waals surface area contributed by atoms with Gasteiger partial charge in [0.05, 0.1) is 0 Å². The quantitative estimate of drug-likeness (QED) is 0.0575. The third-order valence-electron chi connectivity index (χ3n) is 13.2. The zero-order chi connectivity index (χ0) is 42.7. The van der Waals surface area contributed by atoms with Crippen LogP contribution < -0.4 is 0 Å². The SMILES string of the molecule is CC(CCC1CSSCC(CC2SC2CC2SC2CCCCCCCc2ccc(C(C)(C)C)c(O)c2)SS1)CC1SC1CCCCCCCc1ccc(C(C)(C)C)c(O)c1. The van der Waals surface area contributed by atoms with Gasteiger partial charge in [-0.1, -0.05) is 167 Å². The normalized spacial score (nSPS) is 27.3. The molecule has 6 rings (SSSR count). The fourth-order valence-corrected chi connectivity index (χ4v) is 20.3. The molecule has 4 aliphatic heterocycles. The van der Waals surface area contributed by atoms with Gasteiger partial charge in [0.25, 0.3) is 0 Å². The van der Waals surface area contributed by atoms with E-state index in [0.717, 1.165) is 71.9 Å². The van der Waals surface area contributed by atoms with Gasteiger partial charge in [0.2, 0.25) is 0 Å². The Labute approximate surface area is 396 Å². The summed E-state index contributed by atoms with van der Waals surface area (Å²) < 4.78 is 0. The average Bonchev–Trinajstić information content (AvgIpc) is 4.12. The molecule has 0 amide bonds. The first-order valence-electron chi connectivity index (χ1n) is 23.9. The molecule has 2 nitrogen and oxygen atoms in total. The van der Waals surface area contributed by atoms with E-state index in [-0.39, 0.29) is 10.8 Å². The largest absolute Gasteiger partial charge is 0.508 e. The lowest BCUT2D eigenvalue weighted by atomic mass is 9.85. The van der Waals surface area contributed by atoms with Gasteiger partial charge in [-0.3, -0.25) is 0 Å². The molecule has 4 saturated heterocycles. The minimum absolute atomic E-state index is 0.00632. The maximum atomic E-state index is 10.5. The molecule has 9 unspecified atom stereocenters. The molecule has 2 N–H and O–H groups in total. The van der Waals surface area contributed by atoms with Crippen molar-refractivity contribution in [3.05, 3.63) is 58.7 Å². The highest BCUT2D eigenvalue weighted by Gasteiger charge is 2.47. The Kier molecular flexibility index (Phi) is 20.2. The van der Waals surface area contributed by atoms with Crippen molar-refractivity contribution in [2.75, 3.05) is 11.5 Å². The number of phenolic OH excluding ortho intramolecular Hbond substituents is 2. The van der Waals surface area contributed by atoms with Crippen LogP contribution in [0.5, 0.6) is 11.5 Å². The highest BCUT2D eigenvalue weighted by molar-refractivity contribution is 8.80. The Bertz CT molecular complexity index is 1590. The summed E-state index contributed by atoms with van der Waals surface area (Å²) in [5.74, 6) is 4.46. The molecule has 0 radical (unpaired) electrons. The van der Waals surface area contributed by atoms with Crippen LogP contribution in [0.4, 0.5) is 0 Å². The van der Waals surface area contributed by atoms with Gasteiger partial charge < -0.3 is 10.2 Å². The predicted octanol–water partition coefficient (Wildman–Crippen LogP) is 16.7. The maximum absolute atomic E-state index is 10.5. The van der Waals surface area contributed by atoms with Crippen LogP contribution >= 0.6 is 78.5 Å². The fourth-order valence-electron chi connectivity index (χ4n) is 9.19. The van der Waals surface area contributed by atoms with Crippen molar-refractivity contribution in [1.29, 1.82) is 0 Å². The number of aryl methyl sites for hydroxylation is 2. The molecule has 0 aliphatic carbocycles. The molecule has 4 aliphatic rings. The average molecular weight is 950 g/mol. The molecule has 9 heteroatoms. The second kappa shape index (κ2) is 24.3. The van der Waals surface area contributed by atoms with Crippen molar-refractivity contribution < 1.29 is 10.2 Å². The van der Waals surface area contributed by atoms with Crippen LogP contribution in [-0.4, -0.2) is 63.7 Å². The van der Waals surface area contributed by atoms with Crippen LogP contribution in [0.15, 0.2) is 36.4 Å². The Morgan fingerprint density at radius 1 is 0.533 bits per heavy atom. The molecule has 2 aromatic carbocycles. The summed E-state index contributed by atoms with van der Waals surface area (Å²) in [4.78, 5) is 0. The van der Waals surface area contributed by atoms with Gasteiger partial charge in [-0.05, 0) is 122 Å². The molecule has 338 valence electrons. The summed E-state index contributed by atoms with van der Waals surface area (Å²) >= 11 is 6.88. The minimum Gasteiger partial charge on any atom is -0.508 e. The summed E-state index contributed by atoms with van der Waals surface area (Å²) in [7, 11) is 8.86. The van der Waals surface area contributed by atoms with Crippen LogP contribution in [0, 0.1) is 5.92 Å². The summed E-state index contributed by atoms with van der Waals surface area (Å²) in [6.07, 6.45) is 25.6. The van der Waals surface area contributed by atoms with Gasteiger partial charge in [-0.15, -0.1) is 0 Å². The van der Waals surface area contributed by atoms with Crippen molar-refractivity contribution in [2.45, 2.75) is 223 Å². The van der Waals surface area contributed by atoms with Gasteiger partial charge in [0, 0.05) is 53.5 Å². The van der Waals surface area contributed by atoms with E-state index in [0.29, 0.717) is 11.5 Å². The molecular formula is C51H80O2S7. The molecule has 0 bridgehead atoms. The van der Waals surface area contributed by atoms with Gasteiger partial charge in [0.1, 0.15) is 11.5 Å². The number of aromatic hydroxyl groups is 2. The predicted molar refractivity (Wildman–Crippen MR) is 282 cm³/mol. The van der Waals surface area contributed by atoms with Crippen molar-refractivity contribution in [1.82, 2.24) is 0 Å². The molecule has 60 heavy (non-hydrogen) atoms. The monoisotopic (exact) mass is 948 g/mol. The van der Waals surface area contributed by atoms with E-state index in [2.05, 4.69) is 151 Å². The highest BCUT2D eigenvalue weighted by atomic mass is 33.1. The molecule has 0 aromatic heterocycles. The summed E-state index contributed by atoms with van der Waals surface area (Å²) in [5.41, 5.74) is 4.65. The Morgan fingerprint density at radius 2 is 0.983 bits per heavy atom. The van der Waals surface area contributed by atoms with E-state index in [1.807, 2.05) is 12.1 Å². The van der Waals surface area contributed by atoms with Crippen LogP contribution in [0.25, 0.3) is 0 Å². The first-order chi connectivity index (χ1) is 28.7. The van der Waals surface area contributed by atoms with Gasteiger partial charge in [-0.2, -0.15) is 35.3 Å². The van der Waals surface area contributed by atoms with Crippen LogP contribution in [-0.2, 0) is 23.7 Å². The zero-order valence-electron chi connectivity index (χ0n) is 38.3. The van der Waals surface area contributed by atoms with E-state index < -0.39 is 0 Å². The Morgan fingerprint density at radius 3 is 1.55 bits per heavy atom. The minimum atomic E-state index is -0.00701. The maximum Gasteiger partial charge on any atom is 0.119 e. The third-order valence-corrected chi connectivity index (χ3v) is 23.9. The van der Waals surface area contributed by atoms with E-state index in [9.17, 15) is 10.2 Å².